The van der Waals surface area contributed by atoms with Crippen molar-refractivity contribution in [1.82, 2.24) is 9.97 Å². The van der Waals surface area contributed by atoms with E-state index in [2.05, 4.69) is 63.3 Å². The zero-order valence-electron chi connectivity index (χ0n) is 14.2. The van der Waals surface area contributed by atoms with Crippen molar-refractivity contribution >= 4 is 45.1 Å². The molecule has 5 nitrogen and oxygen atoms in total. The van der Waals surface area contributed by atoms with Gasteiger partial charge in [-0.15, -0.1) is 0 Å². The van der Waals surface area contributed by atoms with Gasteiger partial charge in [0.05, 0.1) is 11.6 Å². The van der Waals surface area contributed by atoms with Gasteiger partial charge in [-0.2, -0.15) is 10.2 Å². The normalized spacial score (nSPS) is 10.4. The lowest BCUT2D eigenvalue weighted by atomic mass is 10.2. The fourth-order valence-electron chi connectivity index (χ4n) is 2.47. The van der Waals surface area contributed by atoms with Crippen molar-refractivity contribution in [2.24, 2.45) is 0 Å². The highest BCUT2D eigenvalue weighted by Gasteiger charge is 2.10. The Kier molecular flexibility index (Phi) is 5.45. The quantitative estimate of drug-likeness (QED) is 0.558. The molecule has 0 aliphatic carbocycles. The zero-order valence-corrected chi connectivity index (χ0v) is 16.6. The molecule has 0 fully saturated rings. The first-order valence-electron chi connectivity index (χ1n) is 7.81. The number of aryl methyl sites for hydroxylation is 2. The predicted molar refractivity (Wildman–Crippen MR) is 109 cm³/mol. The molecule has 0 aliphatic heterocycles. The molecule has 26 heavy (non-hydrogen) atoms. The summed E-state index contributed by atoms with van der Waals surface area (Å²) in [5.41, 5.74) is 9.68. The van der Waals surface area contributed by atoms with E-state index in [0.717, 1.165) is 20.1 Å². The molecule has 130 valence electrons. The molecule has 0 bridgehead atoms. The molecule has 0 radical (unpaired) electrons. The van der Waals surface area contributed by atoms with Gasteiger partial charge in [-0.25, -0.2) is 4.98 Å². The van der Waals surface area contributed by atoms with E-state index >= 15 is 0 Å². The van der Waals surface area contributed by atoms with Crippen LogP contribution in [0.15, 0.2) is 56.9 Å². The van der Waals surface area contributed by atoms with Crippen LogP contribution < -0.4 is 11.1 Å². The molecule has 2 aromatic carbocycles. The van der Waals surface area contributed by atoms with Crippen LogP contribution in [0.25, 0.3) is 0 Å². The third-order valence-corrected chi connectivity index (χ3v) is 5.35. The van der Waals surface area contributed by atoms with Gasteiger partial charge in [-0.3, -0.25) is 0 Å². The van der Waals surface area contributed by atoms with Crippen LogP contribution in [0.2, 0.25) is 0 Å². The molecule has 3 N–H and O–H groups in total. The Bertz CT molecular complexity index is 973. The summed E-state index contributed by atoms with van der Waals surface area (Å²) in [6, 6.07) is 15.1. The maximum absolute atomic E-state index is 8.88. The third kappa shape index (κ3) is 4.34. The summed E-state index contributed by atoms with van der Waals surface area (Å²) in [4.78, 5) is 9.95. The van der Waals surface area contributed by atoms with Crippen molar-refractivity contribution in [1.29, 1.82) is 5.26 Å². The smallest absolute Gasteiger partial charge is 0.230 e. The number of hydrogen-bond donors (Lipinski definition) is 2. The highest BCUT2D eigenvalue weighted by Crippen LogP contribution is 2.34. The molecule has 0 unspecified atom stereocenters. The second-order valence-corrected chi connectivity index (χ2v) is 7.69. The summed E-state index contributed by atoms with van der Waals surface area (Å²) < 4.78 is 1.06. The number of nitrogen functional groups attached to an aromatic ring is 1. The van der Waals surface area contributed by atoms with E-state index in [-0.39, 0.29) is 0 Å². The number of nitrogens with two attached hydrogens (primary N) is 1. The monoisotopic (exact) mass is 425 g/mol. The van der Waals surface area contributed by atoms with Gasteiger partial charge in [0.2, 0.25) is 5.95 Å². The fraction of sp³-hybridized carbons (Fsp3) is 0.105. The molecule has 3 aromatic rings. The van der Waals surface area contributed by atoms with Crippen LogP contribution in [-0.2, 0) is 0 Å². The van der Waals surface area contributed by atoms with Crippen LogP contribution in [0, 0.1) is 25.2 Å². The van der Waals surface area contributed by atoms with E-state index in [1.807, 2.05) is 0 Å². The van der Waals surface area contributed by atoms with Crippen LogP contribution in [0.1, 0.15) is 16.7 Å². The highest BCUT2D eigenvalue weighted by molar-refractivity contribution is 9.10. The molecular formula is C19H16BrN5S. The van der Waals surface area contributed by atoms with Gasteiger partial charge in [-0.05, 0) is 61.4 Å². The van der Waals surface area contributed by atoms with Crippen molar-refractivity contribution in [3.63, 3.8) is 0 Å². The molecule has 3 rings (SSSR count). The van der Waals surface area contributed by atoms with Gasteiger partial charge in [0.1, 0.15) is 10.8 Å². The minimum absolute atomic E-state index is 0.395. The lowest BCUT2D eigenvalue weighted by Gasteiger charge is -2.11. The Hall–Kier alpha value is -2.56. The molecule has 0 aliphatic rings. The van der Waals surface area contributed by atoms with E-state index in [0.29, 0.717) is 17.3 Å². The number of rotatable bonds is 4. The number of benzene rings is 2. The molecule has 0 atom stereocenters. The number of nitriles is 1. The number of anilines is 3. The predicted octanol–water partition coefficient (Wildman–Crippen LogP) is 5.20. The Balaban J connectivity index is 1.87. The maximum Gasteiger partial charge on any atom is 0.230 e. The van der Waals surface area contributed by atoms with Gasteiger partial charge >= 0.3 is 0 Å². The van der Waals surface area contributed by atoms with E-state index < -0.39 is 0 Å². The van der Waals surface area contributed by atoms with Gasteiger partial charge in [0.15, 0.2) is 0 Å². The first-order valence-corrected chi connectivity index (χ1v) is 9.42. The van der Waals surface area contributed by atoms with E-state index in [9.17, 15) is 0 Å². The van der Waals surface area contributed by atoms with Crippen LogP contribution in [0.4, 0.5) is 17.5 Å². The SMILES string of the molecule is Cc1cc(Br)cc(C)c1Sc1cc(N)nc(Nc2ccc(C#N)cc2)n1. The minimum Gasteiger partial charge on any atom is -0.383 e. The second-order valence-electron chi connectivity index (χ2n) is 5.74. The molecule has 0 amide bonds. The molecule has 1 heterocycles. The summed E-state index contributed by atoms with van der Waals surface area (Å²) in [7, 11) is 0. The average Bonchev–Trinajstić information content (AvgIpc) is 2.58. The summed E-state index contributed by atoms with van der Waals surface area (Å²) in [6.45, 7) is 4.14. The Morgan fingerprint density at radius 3 is 2.35 bits per heavy atom. The Morgan fingerprint density at radius 1 is 1.08 bits per heavy atom. The van der Waals surface area contributed by atoms with Crippen LogP contribution >= 0.6 is 27.7 Å². The third-order valence-electron chi connectivity index (χ3n) is 3.62. The minimum atomic E-state index is 0.395. The number of nitrogens with one attached hydrogen (secondary N) is 1. The lowest BCUT2D eigenvalue weighted by Crippen LogP contribution is -2.01. The van der Waals surface area contributed by atoms with Crippen LogP contribution in [0.3, 0.4) is 0 Å². The summed E-state index contributed by atoms with van der Waals surface area (Å²) in [5, 5.41) is 12.8. The van der Waals surface area contributed by atoms with E-state index in [1.165, 1.54) is 11.1 Å². The van der Waals surface area contributed by atoms with Gasteiger partial charge < -0.3 is 11.1 Å². The lowest BCUT2D eigenvalue weighted by molar-refractivity contribution is 1.06. The topological polar surface area (TPSA) is 87.6 Å². The molecular weight excluding hydrogens is 410 g/mol. The average molecular weight is 426 g/mol. The molecule has 0 saturated heterocycles. The van der Waals surface area contributed by atoms with Crippen LogP contribution in [-0.4, -0.2) is 9.97 Å². The molecule has 1 aromatic heterocycles. The van der Waals surface area contributed by atoms with Crippen molar-refractivity contribution in [2.75, 3.05) is 11.1 Å². The Labute approximate surface area is 164 Å². The standard InChI is InChI=1S/C19H16BrN5S/c1-11-7-14(20)8-12(2)18(11)26-17-9-16(22)24-19(25-17)23-15-5-3-13(10-21)4-6-15/h3-9H,1-2H3,(H3,22,23,24,25). The number of nitrogens with zero attached hydrogens (tertiary/aromatic N) is 3. The molecule has 7 heteroatoms. The Morgan fingerprint density at radius 2 is 1.73 bits per heavy atom. The molecule has 0 saturated carbocycles. The van der Waals surface area contributed by atoms with Gasteiger partial charge in [0, 0.05) is 21.1 Å². The second kappa shape index (κ2) is 7.77. The summed E-state index contributed by atoms with van der Waals surface area (Å²) >= 11 is 5.08. The highest BCUT2D eigenvalue weighted by atomic mass is 79.9. The van der Waals surface area contributed by atoms with Crippen molar-refractivity contribution in [3.05, 3.63) is 63.6 Å². The van der Waals surface area contributed by atoms with Crippen molar-refractivity contribution in [2.45, 2.75) is 23.8 Å². The first kappa shape index (κ1) is 18.2. The largest absolute Gasteiger partial charge is 0.383 e. The molecule has 0 spiro atoms. The first-order chi connectivity index (χ1) is 12.4. The van der Waals surface area contributed by atoms with E-state index in [4.69, 9.17) is 11.0 Å². The number of hydrogen-bond acceptors (Lipinski definition) is 6. The van der Waals surface area contributed by atoms with Crippen molar-refractivity contribution in [3.8, 4) is 6.07 Å². The fourth-order valence-corrected chi connectivity index (χ4v) is 4.12. The summed E-state index contributed by atoms with van der Waals surface area (Å²) in [5.74, 6) is 0.815. The van der Waals surface area contributed by atoms with Crippen molar-refractivity contribution < 1.29 is 0 Å². The van der Waals surface area contributed by atoms with Gasteiger partial charge in [0.25, 0.3) is 0 Å². The number of aromatic nitrogens is 2. The zero-order chi connectivity index (χ0) is 18.7. The van der Waals surface area contributed by atoms with Gasteiger partial charge in [-0.1, -0.05) is 27.7 Å². The maximum atomic E-state index is 8.88. The van der Waals surface area contributed by atoms with Crippen LogP contribution in [0.5, 0.6) is 0 Å². The number of halogens is 1. The summed E-state index contributed by atoms with van der Waals surface area (Å²) in [6.07, 6.45) is 0. The van der Waals surface area contributed by atoms with E-state index in [1.54, 1.807) is 42.1 Å².